The van der Waals surface area contributed by atoms with Crippen LogP contribution in [0, 0.1) is 23.2 Å². The minimum Gasteiger partial charge on any atom is -0.370 e. The molecule has 1 saturated carbocycles. The van der Waals surface area contributed by atoms with Crippen LogP contribution in [0.3, 0.4) is 0 Å². The van der Waals surface area contributed by atoms with Gasteiger partial charge in [-0.25, -0.2) is 4.98 Å². The predicted octanol–water partition coefficient (Wildman–Crippen LogP) is 1.94. The van der Waals surface area contributed by atoms with Gasteiger partial charge in [0.2, 0.25) is 11.9 Å². The number of carbonyl (C=O) groups is 1. The molecule has 4 rings (SSSR count). The summed E-state index contributed by atoms with van der Waals surface area (Å²) < 4.78 is 6.03. The number of hydrogen-bond acceptors (Lipinski definition) is 7. The van der Waals surface area contributed by atoms with E-state index in [9.17, 15) is 9.59 Å². The van der Waals surface area contributed by atoms with Gasteiger partial charge in [-0.3, -0.25) is 19.6 Å². The van der Waals surface area contributed by atoms with Crippen LogP contribution in [0.25, 0.3) is 0 Å². The highest BCUT2D eigenvalue weighted by Gasteiger charge is 2.44. The monoisotopic (exact) mass is 456 g/mol. The van der Waals surface area contributed by atoms with Crippen molar-refractivity contribution in [3.8, 4) is 6.07 Å². The number of nitrogens with one attached hydrogen (secondary N) is 3. The van der Waals surface area contributed by atoms with Gasteiger partial charge in [-0.1, -0.05) is 6.07 Å². The van der Waals surface area contributed by atoms with Crippen LogP contribution < -0.4 is 16.2 Å². The lowest BCUT2D eigenvalue weighted by Crippen LogP contribution is -2.57. The molecule has 1 saturated heterocycles. The average molecular weight is 457 g/mol. The fourth-order valence-corrected chi connectivity index (χ4v) is 4.90. The summed E-state index contributed by atoms with van der Waals surface area (Å²) in [7, 11) is 0. The average Bonchev–Trinajstić information content (AvgIpc) is 2.78. The molecule has 9 nitrogen and oxygen atoms in total. The summed E-state index contributed by atoms with van der Waals surface area (Å²) in [5.74, 6) is 0.135. The smallest absolute Gasteiger partial charge is 0.270 e. The van der Waals surface area contributed by atoms with E-state index in [0.717, 1.165) is 12.1 Å². The highest BCUT2D eigenvalue weighted by atomic mass is 35.5. The molecule has 2 fully saturated rings. The summed E-state index contributed by atoms with van der Waals surface area (Å²) in [5.41, 5.74) is 0.275. The Bertz CT molecular complexity index is 1060. The van der Waals surface area contributed by atoms with Crippen molar-refractivity contribution in [2.75, 3.05) is 5.32 Å². The van der Waals surface area contributed by atoms with Gasteiger partial charge in [0.1, 0.15) is 11.6 Å². The molecule has 2 aliphatic rings. The lowest BCUT2D eigenvalue weighted by molar-refractivity contribution is -0.131. The van der Waals surface area contributed by atoms with E-state index < -0.39 is 5.56 Å². The maximum Gasteiger partial charge on any atom is 0.270 e. The fraction of sp³-hybridized carbons (Fsp3) is 0.500. The Kier molecular flexibility index (Phi) is 6.72. The number of piperidine rings is 1. The first-order valence-electron chi connectivity index (χ1n) is 10.7. The quantitative estimate of drug-likeness (QED) is 0.565. The summed E-state index contributed by atoms with van der Waals surface area (Å²) in [6, 6.07) is 7.22. The second kappa shape index (κ2) is 9.67. The SMILES string of the molecule is C[C@H](Nc1ncc(C#N)c(=O)[nH]1)C1CC2CC(Cl)C(OCc3ccccn3)CC2NC1=O. The third-order valence-corrected chi connectivity index (χ3v) is 6.73. The number of aromatic amines is 1. The molecule has 1 aliphatic heterocycles. The summed E-state index contributed by atoms with van der Waals surface area (Å²) in [5, 5.41) is 15.0. The highest BCUT2D eigenvalue weighted by molar-refractivity contribution is 6.21. The van der Waals surface area contributed by atoms with Crippen molar-refractivity contribution in [2.45, 2.75) is 56.4 Å². The Hall–Kier alpha value is -2.96. The van der Waals surface area contributed by atoms with Crippen molar-refractivity contribution in [1.29, 1.82) is 5.26 Å². The van der Waals surface area contributed by atoms with E-state index >= 15 is 0 Å². The van der Waals surface area contributed by atoms with E-state index in [1.54, 1.807) is 12.3 Å². The van der Waals surface area contributed by atoms with Gasteiger partial charge in [0.25, 0.3) is 5.56 Å². The summed E-state index contributed by atoms with van der Waals surface area (Å²) >= 11 is 6.66. The molecular weight excluding hydrogens is 432 g/mol. The summed E-state index contributed by atoms with van der Waals surface area (Å²) in [6.45, 7) is 2.27. The van der Waals surface area contributed by atoms with Gasteiger partial charge >= 0.3 is 0 Å². The Balaban J connectivity index is 1.36. The second-order valence-electron chi connectivity index (χ2n) is 8.39. The molecule has 6 atom stereocenters. The van der Waals surface area contributed by atoms with Gasteiger partial charge in [-0.05, 0) is 44.2 Å². The largest absolute Gasteiger partial charge is 0.370 e. The lowest BCUT2D eigenvalue weighted by atomic mass is 9.73. The van der Waals surface area contributed by atoms with Crippen LogP contribution in [0.4, 0.5) is 5.95 Å². The van der Waals surface area contributed by atoms with E-state index in [0.29, 0.717) is 19.4 Å². The number of fused-ring (bicyclic) bond motifs is 1. The Labute approximate surface area is 190 Å². The standard InChI is InChI=1S/C22H25ClN6O3/c1-12(27-22-26-10-14(9-24)20(30)29-22)16-6-13-7-17(23)19(8-18(13)28-21(16)31)32-11-15-4-2-3-5-25-15/h2-5,10,12-13,16-19H,6-8,11H2,1H3,(H,28,31)(H2,26,27,29,30)/t12-,13?,16?,17?,18?,19?/m0/s1. The van der Waals surface area contributed by atoms with Crippen LogP contribution in [0.5, 0.6) is 0 Å². The van der Waals surface area contributed by atoms with Crippen LogP contribution in [0.15, 0.2) is 35.4 Å². The van der Waals surface area contributed by atoms with Crippen molar-refractivity contribution in [3.63, 3.8) is 0 Å². The number of anilines is 1. The minimum absolute atomic E-state index is 0.0162. The van der Waals surface area contributed by atoms with Crippen LogP contribution in [-0.4, -0.2) is 44.4 Å². The maximum atomic E-state index is 12.8. The fourth-order valence-electron chi connectivity index (χ4n) is 4.50. The van der Waals surface area contributed by atoms with Crippen molar-refractivity contribution in [3.05, 3.63) is 52.2 Å². The van der Waals surface area contributed by atoms with Crippen LogP contribution in [0.2, 0.25) is 0 Å². The molecular formula is C22H25ClN6O3. The second-order valence-corrected chi connectivity index (χ2v) is 8.96. The number of alkyl halides is 1. The first-order chi connectivity index (χ1) is 15.4. The van der Waals surface area contributed by atoms with E-state index in [4.69, 9.17) is 21.6 Å². The van der Waals surface area contributed by atoms with Crippen molar-refractivity contribution >= 4 is 23.5 Å². The van der Waals surface area contributed by atoms with Gasteiger partial charge in [0.05, 0.1) is 35.9 Å². The number of H-pyrrole nitrogens is 1. The number of aromatic nitrogens is 3. The Morgan fingerprint density at radius 3 is 2.88 bits per heavy atom. The van der Waals surface area contributed by atoms with Crippen LogP contribution >= 0.6 is 11.6 Å². The maximum absolute atomic E-state index is 12.8. The highest BCUT2D eigenvalue weighted by Crippen LogP contribution is 2.38. The zero-order valence-electron chi connectivity index (χ0n) is 17.6. The molecule has 2 aromatic rings. The molecule has 2 aromatic heterocycles. The van der Waals surface area contributed by atoms with E-state index in [2.05, 4.69) is 25.6 Å². The first kappa shape index (κ1) is 22.2. The topological polar surface area (TPSA) is 133 Å². The van der Waals surface area contributed by atoms with Gasteiger partial charge in [-0.15, -0.1) is 11.6 Å². The molecule has 0 radical (unpaired) electrons. The molecule has 10 heteroatoms. The summed E-state index contributed by atoms with van der Waals surface area (Å²) in [6.07, 6.45) is 4.88. The molecule has 3 heterocycles. The number of nitriles is 1. The Morgan fingerprint density at radius 1 is 1.31 bits per heavy atom. The number of halogens is 1. The van der Waals surface area contributed by atoms with Crippen LogP contribution in [-0.2, 0) is 16.1 Å². The molecule has 3 N–H and O–H groups in total. The minimum atomic E-state index is -0.514. The van der Waals surface area contributed by atoms with Crippen molar-refractivity contribution < 1.29 is 9.53 Å². The van der Waals surface area contributed by atoms with E-state index in [1.165, 1.54) is 6.20 Å². The third-order valence-electron chi connectivity index (χ3n) is 6.27. The number of pyridine rings is 1. The van der Waals surface area contributed by atoms with E-state index in [-0.39, 0.29) is 52.8 Å². The molecule has 5 unspecified atom stereocenters. The van der Waals surface area contributed by atoms with Gasteiger partial charge < -0.3 is 15.4 Å². The first-order valence-corrected chi connectivity index (χ1v) is 11.1. The lowest BCUT2D eigenvalue weighted by Gasteiger charge is -2.45. The van der Waals surface area contributed by atoms with Gasteiger partial charge in [0.15, 0.2) is 0 Å². The molecule has 0 spiro atoms. The molecule has 32 heavy (non-hydrogen) atoms. The normalized spacial score (nSPS) is 28.2. The van der Waals surface area contributed by atoms with E-state index in [1.807, 2.05) is 25.1 Å². The molecule has 1 amide bonds. The number of rotatable bonds is 6. The molecule has 168 valence electrons. The number of nitrogens with zero attached hydrogens (tertiary/aromatic N) is 3. The molecule has 0 aromatic carbocycles. The number of hydrogen-bond donors (Lipinski definition) is 3. The van der Waals surface area contributed by atoms with Gasteiger partial charge in [0, 0.05) is 18.3 Å². The summed E-state index contributed by atoms with van der Waals surface area (Å²) in [4.78, 5) is 35.5. The number of ether oxygens (including phenoxy) is 1. The predicted molar refractivity (Wildman–Crippen MR) is 118 cm³/mol. The van der Waals surface area contributed by atoms with Crippen molar-refractivity contribution in [2.24, 2.45) is 11.8 Å². The van der Waals surface area contributed by atoms with Crippen LogP contribution in [0.1, 0.15) is 37.4 Å². The van der Waals surface area contributed by atoms with Gasteiger partial charge in [-0.2, -0.15) is 5.26 Å². The molecule has 0 bridgehead atoms. The van der Waals surface area contributed by atoms with Crippen molar-refractivity contribution in [1.82, 2.24) is 20.3 Å². The number of carbonyl (C=O) groups excluding carboxylic acids is 1. The Morgan fingerprint density at radius 2 is 2.16 bits per heavy atom. The zero-order chi connectivity index (χ0) is 22.7. The number of amides is 1. The molecule has 1 aliphatic carbocycles. The third kappa shape index (κ3) is 4.92. The zero-order valence-corrected chi connectivity index (χ0v) is 18.4.